The first-order chi connectivity index (χ1) is 12.4. The Morgan fingerprint density at radius 2 is 1.88 bits per heavy atom. The molecule has 2 aliphatic rings. The van der Waals surface area contributed by atoms with Crippen molar-refractivity contribution < 1.29 is 29.3 Å². The van der Waals surface area contributed by atoms with E-state index in [2.05, 4.69) is 0 Å². The topological polar surface area (TPSA) is 107 Å². The molecule has 26 heavy (non-hydrogen) atoms. The molecule has 0 aliphatic carbocycles. The molecule has 0 radical (unpaired) electrons. The number of carboxylic acids is 1. The summed E-state index contributed by atoms with van der Waals surface area (Å²) in [6.45, 7) is 0.619. The molecule has 2 aliphatic heterocycles. The van der Waals surface area contributed by atoms with Gasteiger partial charge in [-0.05, 0) is 24.8 Å². The number of hydrogen-bond donors (Lipinski definition) is 2. The number of aliphatic hydroxyl groups is 1. The first-order valence-electron chi connectivity index (χ1n) is 8.68. The molecule has 2 atom stereocenters. The lowest BCUT2D eigenvalue weighted by molar-refractivity contribution is -0.183. The number of benzene rings is 1. The third-order valence-corrected chi connectivity index (χ3v) is 4.94. The minimum atomic E-state index is -2.20. The summed E-state index contributed by atoms with van der Waals surface area (Å²) in [6.07, 6.45) is 0.823. The molecule has 0 spiro atoms. The molecule has 0 saturated carbocycles. The number of hydrogen-bond acceptors (Lipinski definition) is 5. The molecular weight excluding hydrogens is 340 g/mol. The number of carbonyl (C=O) groups excluding carboxylic acids is 2. The average molecular weight is 362 g/mol. The molecule has 8 nitrogen and oxygen atoms in total. The molecular formula is C18H22N2O6. The van der Waals surface area contributed by atoms with Gasteiger partial charge in [0.2, 0.25) is 11.6 Å². The summed E-state index contributed by atoms with van der Waals surface area (Å²) in [4.78, 5) is 38.9. The molecule has 2 fully saturated rings. The Balaban J connectivity index is 1.66. The highest BCUT2D eigenvalue weighted by Crippen LogP contribution is 2.31. The van der Waals surface area contributed by atoms with Gasteiger partial charge in [-0.15, -0.1) is 0 Å². The van der Waals surface area contributed by atoms with E-state index in [4.69, 9.17) is 4.74 Å². The largest absolute Gasteiger partial charge is 0.478 e. The molecule has 0 aromatic heterocycles. The molecule has 3 rings (SSSR count). The zero-order valence-corrected chi connectivity index (χ0v) is 14.3. The molecule has 8 heteroatoms. The highest BCUT2D eigenvalue weighted by molar-refractivity contribution is 5.91. The molecule has 0 bridgehead atoms. The van der Waals surface area contributed by atoms with Gasteiger partial charge >= 0.3 is 12.1 Å². The number of carboxylic acid groups (broad SMARTS) is 1. The van der Waals surface area contributed by atoms with Gasteiger partial charge < -0.3 is 19.8 Å². The van der Waals surface area contributed by atoms with Crippen LogP contribution < -0.4 is 0 Å². The van der Waals surface area contributed by atoms with Crippen LogP contribution in [0, 0.1) is 0 Å². The van der Waals surface area contributed by atoms with E-state index in [-0.39, 0.29) is 19.6 Å². The van der Waals surface area contributed by atoms with Crippen molar-refractivity contribution in [2.45, 2.75) is 44.1 Å². The van der Waals surface area contributed by atoms with E-state index < -0.39 is 29.7 Å². The summed E-state index contributed by atoms with van der Waals surface area (Å²) in [5, 5.41) is 19.6. The maximum Gasteiger partial charge on any atom is 0.410 e. The minimum Gasteiger partial charge on any atom is -0.478 e. The summed E-state index contributed by atoms with van der Waals surface area (Å²) in [5.74, 6) is -1.99. The zero-order chi connectivity index (χ0) is 18.7. The number of amides is 2. The van der Waals surface area contributed by atoms with Crippen LogP contribution in [-0.2, 0) is 20.9 Å². The van der Waals surface area contributed by atoms with Gasteiger partial charge in [-0.3, -0.25) is 9.69 Å². The summed E-state index contributed by atoms with van der Waals surface area (Å²) in [5.41, 5.74) is -1.36. The van der Waals surface area contributed by atoms with E-state index in [1.807, 2.05) is 30.3 Å². The van der Waals surface area contributed by atoms with Crippen LogP contribution in [0.3, 0.4) is 0 Å². The van der Waals surface area contributed by atoms with Crippen molar-refractivity contribution in [3.8, 4) is 0 Å². The number of likely N-dealkylation sites (tertiary alicyclic amines) is 2. The van der Waals surface area contributed by atoms with Gasteiger partial charge in [-0.1, -0.05) is 30.3 Å². The van der Waals surface area contributed by atoms with Gasteiger partial charge in [0.25, 0.3) is 0 Å². The summed E-state index contributed by atoms with van der Waals surface area (Å²) in [6, 6.07) is 8.40. The number of ether oxygens (including phenoxy) is 1. The molecule has 140 valence electrons. The van der Waals surface area contributed by atoms with Crippen LogP contribution >= 0.6 is 0 Å². The third kappa shape index (κ3) is 3.37. The molecule has 2 N–H and O–H groups in total. The third-order valence-electron chi connectivity index (χ3n) is 4.94. The Morgan fingerprint density at radius 1 is 1.15 bits per heavy atom. The maximum absolute atomic E-state index is 12.8. The lowest BCUT2D eigenvalue weighted by Gasteiger charge is -2.33. The predicted octanol–water partition coefficient (Wildman–Crippen LogP) is 1.18. The van der Waals surface area contributed by atoms with Crippen molar-refractivity contribution in [2.75, 3.05) is 13.1 Å². The van der Waals surface area contributed by atoms with Gasteiger partial charge in [0.15, 0.2) is 0 Å². The van der Waals surface area contributed by atoms with Gasteiger partial charge in [0.1, 0.15) is 12.6 Å². The van der Waals surface area contributed by atoms with E-state index in [1.54, 1.807) is 0 Å². The number of nitrogens with zero attached hydrogens (tertiary/aromatic N) is 2. The first kappa shape index (κ1) is 18.2. The normalized spacial score (nSPS) is 25.3. The highest BCUT2D eigenvalue weighted by Gasteiger charge is 2.51. The van der Waals surface area contributed by atoms with Crippen molar-refractivity contribution in [3.63, 3.8) is 0 Å². The summed E-state index contributed by atoms with van der Waals surface area (Å²) >= 11 is 0. The SMILES string of the molecule is O=C(OCc1ccccc1)N1CCCC1C(=O)N1CCCC1(O)C(=O)O. The second-order valence-electron chi connectivity index (χ2n) is 6.61. The van der Waals surface area contributed by atoms with Crippen LogP contribution in [0.25, 0.3) is 0 Å². The smallest absolute Gasteiger partial charge is 0.410 e. The van der Waals surface area contributed by atoms with E-state index in [1.165, 1.54) is 4.90 Å². The average Bonchev–Trinajstić information content (AvgIpc) is 3.27. The Kier molecular flexibility index (Phi) is 5.13. The number of rotatable bonds is 4. The second-order valence-corrected chi connectivity index (χ2v) is 6.61. The fraction of sp³-hybridized carbons (Fsp3) is 0.500. The van der Waals surface area contributed by atoms with Crippen LogP contribution in [0.1, 0.15) is 31.2 Å². The monoisotopic (exact) mass is 362 g/mol. The van der Waals surface area contributed by atoms with Crippen LogP contribution in [0.15, 0.2) is 30.3 Å². The van der Waals surface area contributed by atoms with E-state index >= 15 is 0 Å². The Bertz CT molecular complexity index is 694. The lowest BCUT2D eigenvalue weighted by atomic mass is 10.1. The second kappa shape index (κ2) is 7.33. The Morgan fingerprint density at radius 3 is 2.58 bits per heavy atom. The van der Waals surface area contributed by atoms with E-state index in [0.717, 1.165) is 10.5 Å². The molecule has 1 aromatic carbocycles. The Labute approximate surface area is 151 Å². The van der Waals surface area contributed by atoms with Crippen LogP contribution in [0.2, 0.25) is 0 Å². The standard InChI is InChI=1S/C18H22N2O6/c21-15(20-11-5-9-18(20,25)16(22)23)14-8-4-10-19(14)17(24)26-12-13-6-2-1-3-7-13/h1-3,6-7,14,25H,4-5,8-12H2,(H,22,23). The van der Waals surface area contributed by atoms with Crippen molar-refractivity contribution in [1.29, 1.82) is 0 Å². The van der Waals surface area contributed by atoms with E-state index in [0.29, 0.717) is 25.8 Å². The van der Waals surface area contributed by atoms with Crippen molar-refractivity contribution in [2.24, 2.45) is 0 Å². The van der Waals surface area contributed by atoms with Gasteiger partial charge in [-0.25, -0.2) is 9.59 Å². The molecule has 2 unspecified atom stereocenters. The molecule has 2 heterocycles. The van der Waals surface area contributed by atoms with E-state index in [9.17, 15) is 24.6 Å². The Hall–Kier alpha value is -2.61. The highest BCUT2D eigenvalue weighted by atomic mass is 16.6. The van der Waals surface area contributed by atoms with Crippen LogP contribution in [0.5, 0.6) is 0 Å². The molecule has 2 amide bonds. The molecule has 1 aromatic rings. The molecule has 2 saturated heterocycles. The van der Waals surface area contributed by atoms with Crippen molar-refractivity contribution in [1.82, 2.24) is 9.80 Å². The quantitative estimate of drug-likeness (QED) is 0.833. The maximum atomic E-state index is 12.8. The summed E-state index contributed by atoms with van der Waals surface area (Å²) in [7, 11) is 0. The zero-order valence-electron chi connectivity index (χ0n) is 14.3. The van der Waals surface area contributed by atoms with Gasteiger partial charge in [0.05, 0.1) is 0 Å². The van der Waals surface area contributed by atoms with Gasteiger partial charge in [0, 0.05) is 19.5 Å². The fourth-order valence-corrected chi connectivity index (χ4v) is 3.54. The van der Waals surface area contributed by atoms with Crippen LogP contribution in [0.4, 0.5) is 4.79 Å². The van der Waals surface area contributed by atoms with Crippen LogP contribution in [-0.4, -0.2) is 62.8 Å². The predicted molar refractivity (Wildman–Crippen MR) is 89.9 cm³/mol. The van der Waals surface area contributed by atoms with Crippen molar-refractivity contribution >= 4 is 18.0 Å². The number of carbonyl (C=O) groups is 3. The lowest BCUT2D eigenvalue weighted by Crippen LogP contribution is -2.58. The summed E-state index contributed by atoms with van der Waals surface area (Å²) < 4.78 is 5.29. The van der Waals surface area contributed by atoms with Crippen molar-refractivity contribution in [3.05, 3.63) is 35.9 Å². The van der Waals surface area contributed by atoms with Gasteiger partial charge in [-0.2, -0.15) is 0 Å². The number of aliphatic carboxylic acids is 1. The first-order valence-corrected chi connectivity index (χ1v) is 8.68. The minimum absolute atomic E-state index is 0.0146. The fourth-order valence-electron chi connectivity index (χ4n) is 3.54.